The van der Waals surface area contributed by atoms with Crippen LogP contribution >= 0.6 is 0 Å². The van der Waals surface area contributed by atoms with Gasteiger partial charge in [0.25, 0.3) is 0 Å². The van der Waals surface area contributed by atoms with Crippen LogP contribution in [0.4, 0.5) is 0 Å². The first-order valence-electron chi connectivity index (χ1n) is 26.2. The Labute approximate surface area is 405 Å². The lowest BCUT2D eigenvalue weighted by atomic mass is 10.1. The van der Waals surface area contributed by atoms with E-state index in [4.69, 9.17) is 14.2 Å². The second kappa shape index (κ2) is 53.2. The first kappa shape index (κ1) is 61.5. The molecule has 1 atom stereocenters. The summed E-state index contributed by atoms with van der Waals surface area (Å²) in [5.41, 5.74) is 0. The van der Waals surface area contributed by atoms with Crippen molar-refractivity contribution in [2.24, 2.45) is 0 Å². The van der Waals surface area contributed by atoms with Crippen LogP contribution in [0.1, 0.15) is 207 Å². The molecule has 0 rings (SSSR count). The van der Waals surface area contributed by atoms with Gasteiger partial charge in [0.05, 0.1) is 0 Å². The number of rotatable bonds is 45. The van der Waals surface area contributed by atoms with Gasteiger partial charge in [0.15, 0.2) is 6.10 Å². The molecule has 0 amide bonds. The van der Waals surface area contributed by atoms with Crippen LogP contribution in [0.25, 0.3) is 0 Å². The maximum Gasteiger partial charge on any atom is 0.306 e. The van der Waals surface area contributed by atoms with Gasteiger partial charge in [-0.15, -0.1) is 0 Å². The lowest BCUT2D eigenvalue weighted by Crippen LogP contribution is -2.30. The lowest BCUT2D eigenvalue weighted by Gasteiger charge is -2.18. The van der Waals surface area contributed by atoms with E-state index in [1.54, 1.807) is 0 Å². The highest BCUT2D eigenvalue weighted by atomic mass is 16.6. The van der Waals surface area contributed by atoms with Gasteiger partial charge in [0.1, 0.15) is 13.2 Å². The van der Waals surface area contributed by atoms with E-state index in [1.807, 2.05) is 12.2 Å². The zero-order chi connectivity index (χ0) is 47.9. The zero-order valence-corrected chi connectivity index (χ0v) is 42.1. The minimum atomic E-state index is -0.842. The molecule has 0 radical (unpaired) electrons. The summed E-state index contributed by atoms with van der Waals surface area (Å²) in [6.07, 6.45) is 74.5. The first-order valence-corrected chi connectivity index (χ1v) is 26.2. The van der Waals surface area contributed by atoms with Crippen molar-refractivity contribution in [1.82, 2.24) is 0 Å². The summed E-state index contributed by atoms with van der Waals surface area (Å²) < 4.78 is 16.7. The molecule has 0 saturated carbocycles. The Bertz CT molecular complexity index is 1460. The molecule has 0 aromatic carbocycles. The molecular formula is C60H94O6. The molecule has 0 aliphatic carbocycles. The van der Waals surface area contributed by atoms with Gasteiger partial charge in [-0.1, -0.05) is 199 Å². The van der Waals surface area contributed by atoms with Crippen molar-refractivity contribution >= 4 is 17.9 Å². The Morgan fingerprint density at radius 2 is 0.621 bits per heavy atom. The minimum Gasteiger partial charge on any atom is -0.462 e. The maximum atomic E-state index is 12.8. The fourth-order valence-corrected chi connectivity index (χ4v) is 6.51. The van der Waals surface area contributed by atoms with E-state index >= 15 is 0 Å². The van der Waals surface area contributed by atoms with Gasteiger partial charge in [0, 0.05) is 19.3 Å². The molecule has 6 heteroatoms. The van der Waals surface area contributed by atoms with E-state index < -0.39 is 12.1 Å². The van der Waals surface area contributed by atoms with Gasteiger partial charge >= 0.3 is 17.9 Å². The predicted octanol–water partition coefficient (Wildman–Crippen LogP) is 17.5. The van der Waals surface area contributed by atoms with Gasteiger partial charge in [-0.2, -0.15) is 0 Å². The molecule has 66 heavy (non-hydrogen) atoms. The van der Waals surface area contributed by atoms with Crippen LogP contribution in [0, 0.1) is 0 Å². The Morgan fingerprint density at radius 3 is 1.00 bits per heavy atom. The Hall–Kier alpha value is -4.45. The fourth-order valence-electron chi connectivity index (χ4n) is 6.51. The van der Waals surface area contributed by atoms with Gasteiger partial charge in [-0.3, -0.25) is 14.4 Å². The summed E-state index contributed by atoms with van der Waals surface area (Å²) in [4.78, 5) is 38.0. The fraction of sp³-hybridized carbons (Fsp3) is 0.583. The Kier molecular flexibility index (Phi) is 49.6. The number of esters is 3. The van der Waals surface area contributed by atoms with E-state index in [0.717, 1.165) is 122 Å². The quantitative estimate of drug-likeness (QED) is 0.0262. The van der Waals surface area contributed by atoms with Crippen LogP contribution in [0.3, 0.4) is 0 Å². The summed E-state index contributed by atoms with van der Waals surface area (Å²) in [5.74, 6) is -1.07. The van der Waals surface area contributed by atoms with Crippen LogP contribution in [-0.2, 0) is 28.6 Å². The zero-order valence-electron chi connectivity index (χ0n) is 42.1. The highest BCUT2D eigenvalue weighted by molar-refractivity contribution is 5.71. The van der Waals surface area contributed by atoms with Crippen LogP contribution in [0.15, 0.2) is 134 Å². The van der Waals surface area contributed by atoms with E-state index in [0.29, 0.717) is 19.3 Å². The molecule has 0 aromatic heterocycles. The molecule has 0 N–H and O–H groups in total. The Morgan fingerprint density at radius 1 is 0.318 bits per heavy atom. The number of allylic oxidation sites excluding steroid dienone is 22. The molecule has 1 unspecified atom stereocenters. The van der Waals surface area contributed by atoms with Gasteiger partial charge < -0.3 is 14.2 Å². The lowest BCUT2D eigenvalue weighted by molar-refractivity contribution is -0.166. The van der Waals surface area contributed by atoms with Crippen LogP contribution in [0.2, 0.25) is 0 Å². The number of ether oxygens (including phenoxy) is 3. The standard InChI is InChI=1S/C60H94O6/c1-4-7-10-13-16-19-22-25-27-29-30-31-33-35-38-41-44-47-50-53-59(62)65-56-57(55-64-58(61)52-49-46-43-40-37-34-24-21-18-15-12-9-6-3)66-60(63)54-51-48-45-42-39-36-32-28-26-23-20-17-14-11-8-5-2/h7-8,10-11,16-17,19-20,25-28,30-31,34-39,45,48,57H,4-6,9,12-15,18,21-24,29,32-33,40-44,46-47,49-56H2,1-3H3/b10-7-,11-8-,19-16-,20-17-,27-25-,28-26-,31-30-,37-34-,38-35-,39-36-,48-45-. The average Bonchev–Trinajstić information content (AvgIpc) is 3.31. The van der Waals surface area contributed by atoms with Crippen LogP contribution in [0.5, 0.6) is 0 Å². The number of carbonyl (C=O) groups is 3. The van der Waals surface area contributed by atoms with E-state index in [9.17, 15) is 14.4 Å². The summed E-state index contributed by atoms with van der Waals surface area (Å²) in [7, 11) is 0. The van der Waals surface area contributed by atoms with Crippen molar-refractivity contribution in [2.45, 2.75) is 213 Å². The molecular weight excluding hydrogens is 817 g/mol. The smallest absolute Gasteiger partial charge is 0.306 e. The average molecular weight is 911 g/mol. The number of carbonyl (C=O) groups excluding carboxylic acids is 3. The molecule has 0 aliphatic rings. The maximum absolute atomic E-state index is 12.8. The van der Waals surface area contributed by atoms with Crippen molar-refractivity contribution < 1.29 is 28.6 Å². The second-order valence-corrected chi connectivity index (χ2v) is 16.7. The molecule has 0 saturated heterocycles. The molecule has 6 nitrogen and oxygen atoms in total. The van der Waals surface area contributed by atoms with Crippen molar-refractivity contribution in [2.75, 3.05) is 13.2 Å². The molecule has 0 fully saturated rings. The van der Waals surface area contributed by atoms with Crippen LogP contribution in [-0.4, -0.2) is 37.2 Å². The molecule has 0 heterocycles. The van der Waals surface area contributed by atoms with Crippen molar-refractivity contribution in [3.05, 3.63) is 134 Å². The van der Waals surface area contributed by atoms with E-state index in [1.165, 1.54) is 38.5 Å². The Balaban J connectivity index is 4.59. The second-order valence-electron chi connectivity index (χ2n) is 16.7. The predicted molar refractivity (Wildman–Crippen MR) is 283 cm³/mol. The summed E-state index contributed by atoms with van der Waals surface area (Å²) in [6, 6.07) is 0. The third kappa shape index (κ3) is 50.5. The highest BCUT2D eigenvalue weighted by Gasteiger charge is 2.19. The number of hydrogen-bond donors (Lipinski definition) is 0. The topological polar surface area (TPSA) is 78.9 Å². The number of hydrogen-bond acceptors (Lipinski definition) is 6. The third-order valence-corrected chi connectivity index (χ3v) is 10.4. The van der Waals surface area contributed by atoms with E-state index in [2.05, 4.69) is 142 Å². The summed E-state index contributed by atoms with van der Waals surface area (Å²) >= 11 is 0. The monoisotopic (exact) mass is 911 g/mol. The summed E-state index contributed by atoms with van der Waals surface area (Å²) in [6.45, 7) is 6.27. The van der Waals surface area contributed by atoms with Crippen molar-refractivity contribution in [3.8, 4) is 0 Å². The summed E-state index contributed by atoms with van der Waals surface area (Å²) in [5, 5.41) is 0. The molecule has 0 bridgehead atoms. The largest absolute Gasteiger partial charge is 0.462 e. The van der Waals surface area contributed by atoms with Crippen molar-refractivity contribution in [1.29, 1.82) is 0 Å². The van der Waals surface area contributed by atoms with Crippen LogP contribution < -0.4 is 0 Å². The first-order chi connectivity index (χ1) is 32.5. The highest BCUT2D eigenvalue weighted by Crippen LogP contribution is 2.11. The molecule has 370 valence electrons. The number of unbranched alkanes of at least 4 members (excludes halogenated alkanes) is 12. The van der Waals surface area contributed by atoms with Gasteiger partial charge in [-0.25, -0.2) is 0 Å². The van der Waals surface area contributed by atoms with E-state index in [-0.39, 0.29) is 31.6 Å². The van der Waals surface area contributed by atoms with Gasteiger partial charge in [-0.05, 0) is 122 Å². The SMILES string of the molecule is CC/C=C\C/C=C\C/C=C\C/C=C\C/C=C\CCCCCC(=O)OCC(COC(=O)CCCCC/C=C\CCCCCCCC)OC(=O)CC/C=C\C/C=C\C/C=C\C/C=C\C/C=C\CC. The molecule has 0 aliphatic heterocycles. The third-order valence-electron chi connectivity index (χ3n) is 10.4. The minimum absolute atomic E-state index is 0.131. The van der Waals surface area contributed by atoms with Crippen molar-refractivity contribution in [3.63, 3.8) is 0 Å². The molecule has 0 aromatic rings. The van der Waals surface area contributed by atoms with Gasteiger partial charge in [0.2, 0.25) is 0 Å². The normalized spacial score (nSPS) is 13.2. The molecule has 0 spiro atoms.